The summed E-state index contributed by atoms with van der Waals surface area (Å²) in [6.45, 7) is 1.08. The maximum Gasteiger partial charge on any atom is 0.132 e. The first-order valence-electron chi connectivity index (χ1n) is 7.47. The van der Waals surface area contributed by atoms with E-state index in [1.165, 1.54) is 23.2 Å². The third kappa shape index (κ3) is 3.69. The molecule has 1 heterocycles. The minimum absolute atomic E-state index is 0.725. The lowest BCUT2D eigenvalue weighted by Gasteiger charge is -2.23. The topological polar surface area (TPSA) is 37.8 Å². The Labute approximate surface area is 134 Å². The highest BCUT2D eigenvalue weighted by atomic mass is 79.9. The van der Waals surface area contributed by atoms with Crippen LogP contribution in [0.4, 0.5) is 0 Å². The van der Waals surface area contributed by atoms with E-state index in [1.54, 1.807) is 0 Å². The molecule has 0 saturated carbocycles. The lowest BCUT2D eigenvalue weighted by molar-refractivity contribution is 0.433. The first-order chi connectivity index (χ1) is 10.2. The van der Waals surface area contributed by atoms with Crippen LogP contribution in [0.3, 0.4) is 0 Å². The molecule has 3 rings (SSSR count). The fourth-order valence-corrected chi connectivity index (χ4v) is 3.22. The molecule has 1 aromatic carbocycles. The van der Waals surface area contributed by atoms with Crippen molar-refractivity contribution in [3.05, 3.63) is 57.6 Å². The first-order valence-corrected chi connectivity index (χ1v) is 8.26. The van der Waals surface area contributed by atoms with Crippen molar-refractivity contribution in [2.75, 3.05) is 13.6 Å². The SMILES string of the molecule is CNCC1CCc2nc(Cc3ccc(Br)cc3)ncc2C1. The van der Waals surface area contributed by atoms with Gasteiger partial charge < -0.3 is 5.32 Å². The summed E-state index contributed by atoms with van der Waals surface area (Å²) in [5.41, 5.74) is 3.84. The largest absolute Gasteiger partial charge is 0.319 e. The van der Waals surface area contributed by atoms with Crippen LogP contribution < -0.4 is 5.32 Å². The average Bonchev–Trinajstić information content (AvgIpc) is 2.50. The number of aryl methyl sites for hydroxylation is 1. The predicted octanol–water partition coefficient (Wildman–Crippen LogP) is 3.15. The molecule has 110 valence electrons. The Hall–Kier alpha value is -1.26. The molecule has 0 amide bonds. The quantitative estimate of drug-likeness (QED) is 0.924. The van der Waals surface area contributed by atoms with Crippen LogP contribution >= 0.6 is 15.9 Å². The highest BCUT2D eigenvalue weighted by Gasteiger charge is 2.19. The smallest absolute Gasteiger partial charge is 0.132 e. The average molecular weight is 346 g/mol. The van der Waals surface area contributed by atoms with Crippen LogP contribution in [0.5, 0.6) is 0 Å². The summed E-state index contributed by atoms with van der Waals surface area (Å²) in [4.78, 5) is 9.34. The number of nitrogens with one attached hydrogen (secondary N) is 1. The van der Waals surface area contributed by atoms with Gasteiger partial charge in [0, 0.05) is 22.8 Å². The molecule has 0 spiro atoms. The summed E-state index contributed by atoms with van der Waals surface area (Å²) in [5.74, 6) is 1.66. The van der Waals surface area contributed by atoms with Gasteiger partial charge in [-0.2, -0.15) is 0 Å². The van der Waals surface area contributed by atoms with Crippen molar-refractivity contribution in [1.82, 2.24) is 15.3 Å². The number of fused-ring (bicyclic) bond motifs is 1. The fourth-order valence-electron chi connectivity index (χ4n) is 2.96. The summed E-state index contributed by atoms with van der Waals surface area (Å²) in [6, 6.07) is 8.37. The van der Waals surface area contributed by atoms with Crippen molar-refractivity contribution in [3.63, 3.8) is 0 Å². The zero-order valence-electron chi connectivity index (χ0n) is 12.3. The summed E-state index contributed by atoms with van der Waals surface area (Å²) in [6.07, 6.45) is 6.26. The van der Waals surface area contributed by atoms with Crippen molar-refractivity contribution in [1.29, 1.82) is 0 Å². The molecular formula is C17H20BrN3. The van der Waals surface area contributed by atoms with Crippen molar-refractivity contribution in [3.8, 4) is 0 Å². The number of benzene rings is 1. The second-order valence-corrected chi connectivity index (χ2v) is 6.64. The molecule has 2 aromatic rings. The van der Waals surface area contributed by atoms with Gasteiger partial charge in [-0.3, -0.25) is 0 Å². The standard InChI is InChI=1S/C17H20BrN3/c1-19-10-13-4-7-16-14(8-13)11-20-17(21-16)9-12-2-5-15(18)6-3-12/h2-3,5-6,11,13,19H,4,7-10H2,1H3. The van der Waals surface area contributed by atoms with Crippen LogP contribution in [-0.4, -0.2) is 23.6 Å². The van der Waals surface area contributed by atoms with E-state index in [4.69, 9.17) is 4.98 Å². The van der Waals surface area contributed by atoms with Gasteiger partial charge in [0.25, 0.3) is 0 Å². The molecule has 0 aliphatic heterocycles. The monoisotopic (exact) mass is 345 g/mol. The summed E-state index contributed by atoms with van der Waals surface area (Å²) in [5, 5.41) is 3.27. The molecule has 0 saturated heterocycles. The fraction of sp³-hybridized carbons (Fsp3) is 0.412. The van der Waals surface area contributed by atoms with E-state index >= 15 is 0 Å². The molecule has 0 fully saturated rings. The van der Waals surface area contributed by atoms with Crippen LogP contribution in [0.25, 0.3) is 0 Å². The third-order valence-corrected chi connectivity index (χ3v) is 4.60. The molecule has 0 bridgehead atoms. The Morgan fingerprint density at radius 1 is 1.29 bits per heavy atom. The second-order valence-electron chi connectivity index (χ2n) is 5.73. The Morgan fingerprint density at radius 3 is 2.86 bits per heavy atom. The Bertz CT molecular complexity index is 610. The van der Waals surface area contributed by atoms with Gasteiger partial charge >= 0.3 is 0 Å². The molecule has 21 heavy (non-hydrogen) atoms. The molecule has 0 radical (unpaired) electrons. The van der Waals surface area contributed by atoms with Gasteiger partial charge in [-0.05, 0) is 62.0 Å². The number of hydrogen-bond donors (Lipinski definition) is 1. The molecule has 4 heteroatoms. The van der Waals surface area contributed by atoms with E-state index < -0.39 is 0 Å². The van der Waals surface area contributed by atoms with Crippen LogP contribution in [0.15, 0.2) is 34.9 Å². The van der Waals surface area contributed by atoms with Gasteiger partial charge in [-0.1, -0.05) is 28.1 Å². The van der Waals surface area contributed by atoms with E-state index in [0.29, 0.717) is 0 Å². The Kier molecular flexibility index (Phi) is 4.66. The van der Waals surface area contributed by atoms with Crippen molar-refractivity contribution in [2.45, 2.75) is 25.7 Å². The molecule has 1 aromatic heterocycles. The van der Waals surface area contributed by atoms with Gasteiger partial charge in [0.15, 0.2) is 0 Å². The minimum Gasteiger partial charge on any atom is -0.319 e. The Balaban J connectivity index is 1.73. The molecule has 1 aliphatic rings. The van der Waals surface area contributed by atoms with Crippen molar-refractivity contribution >= 4 is 15.9 Å². The number of rotatable bonds is 4. The minimum atomic E-state index is 0.725. The third-order valence-electron chi connectivity index (χ3n) is 4.07. The van der Waals surface area contributed by atoms with E-state index in [2.05, 4.69) is 50.5 Å². The van der Waals surface area contributed by atoms with Crippen LogP contribution in [0.1, 0.15) is 29.1 Å². The van der Waals surface area contributed by atoms with E-state index in [9.17, 15) is 0 Å². The summed E-state index contributed by atoms with van der Waals surface area (Å²) in [7, 11) is 2.02. The molecular weight excluding hydrogens is 326 g/mol. The van der Waals surface area contributed by atoms with Crippen LogP contribution in [0.2, 0.25) is 0 Å². The number of hydrogen-bond acceptors (Lipinski definition) is 3. The maximum atomic E-state index is 4.78. The number of aromatic nitrogens is 2. The van der Waals surface area contributed by atoms with Gasteiger partial charge in [0.05, 0.1) is 0 Å². The molecule has 1 unspecified atom stereocenters. The number of halogens is 1. The lowest BCUT2D eigenvalue weighted by Crippen LogP contribution is -2.25. The van der Waals surface area contributed by atoms with Crippen molar-refractivity contribution in [2.24, 2.45) is 5.92 Å². The maximum absolute atomic E-state index is 4.78. The van der Waals surface area contributed by atoms with Gasteiger partial charge in [0.1, 0.15) is 5.82 Å². The molecule has 3 nitrogen and oxygen atoms in total. The van der Waals surface area contributed by atoms with E-state index in [1.807, 2.05) is 13.2 Å². The number of nitrogens with zero attached hydrogens (tertiary/aromatic N) is 2. The van der Waals surface area contributed by atoms with Crippen molar-refractivity contribution < 1.29 is 0 Å². The van der Waals surface area contributed by atoms with Crippen LogP contribution in [0, 0.1) is 5.92 Å². The highest BCUT2D eigenvalue weighted by molar-refractivity contribution is 9.10. The zero-order chi connectivity index (χ0) is 14.7. The van der Waals surface area contributed by atoms with Gasteiger partial charge in [-0.15, -0.1) is 0 Å². The molecule has 1 aliphatic carbocycles. The first kappa shape index (κ1) is 14.7. The zero-order valence-corrected chi connectivity index (χ0v) is 13.9. The van der Waals surface area contributed by atoms with Gasteiger partial charge in [-0.25, -0.2) is 9.97 Å². The second kappa shape index (κ2) is 6.67. The normalized spacial score (nSPS) is 17.5. The van der Waals surface area contributed by atoms with Gasteiger partial charge in [0.2, 0.25) is 0 Å². The summed E-state index contributed by atoms with van der Waals surface area (Å²) >= 11 is 3.46. The van der Waals surface area contributed by atoms with E-state index in [0.717, 1.165) is 42.0 Å². The Morgan fingerprint density at radius 2 is 2.10 bits per heavy atom. The highest BCUT2D eigenvalue weighted by Crippen LogP contribution is 2.23. The molecule has 1 atom stereocenters. The summed E-state index contributed by atoms with van der Waals surface area (Å²) < 4.78 is 1.10. The van der Waals surface area contributed by atoms with Crippen LogP contribution in [-0.2, 0) is 19.3 Å². The molecule has 1 N–H and O–H groups in total. The lowest BCUT2D eigenvalue weighted by atomic mass is 9.87. The predicted molar refractivity (Wildman–Crippen MR) is 88.4 cm³/mol. The van der Waals surface area contributed by atoms with E-state index in [-0.39, 0.29) is 0 Å².